The van der Waals surface area contributed by atoms with Crippen LogP contribution in [0.4, 0.5) is 5.69 Å². The van der Waals surface area contributed by atoms with Crippen molar-refractivity contribution < 1.29 is 19.1 Å². The van der Waals surface area contributed by atoms with Gasteiger partial charge in [-0.25, -0.2) is 0 Å². The topological polar surface area (TPSA) is 84.5 Å². The van der Waals surface area contributed by atoms with Gasteiger partial charge in [0.2, 0.25) is 17.5 Å². The number of hydrogen-bond donors (Lipinski definition) is 2. The lowest BCUT2D eigenvalue weighted by molar-refractivity contribution is -0.120. The van der Waals surface area contributed by atoms with Crippen LogP contribution in [0.2, 0.25) is 0 Å². The number of ether oxygens (including phenoxy) is 1. The molecular weight excluding hydrogens is 272 g/mol. The largest absolute Gasteiger partial charge is 0.497 e. The van der Waals surface area contributed by atoms with E-state index in [9.17, 15) is 14.4 Å². The van der Waals surface area contributed by atoms with Crippen molar-refractivity contribution >= 4 is 23.2 Å². The van der Waals surface area contributed by atoms with E-state index in [1.165, 1.54) is 6.92 Å². The minimum Gasteiger partial charge on any atom is -0.497 e. The van der Waals surface area contributed by atoms with Crippen LogP contribution in [0.5, 0.6) is 5.75 Å². The summed E-state index contributed by atoms with van der Waals surface area (Å²) in [6.07, 6.45) is 2.27. The van der Waals surface area contributed by atoms with Crippen LogP contribution in [0.3, 0.4) is 0 Å². The number of amides is 1. The van der Waals surface area contributed by atoms with Crippen LogP contribution in [-0.4, -0.2) is 24.6 Å². The van der Waals surface area contributed by atoms with E-state index < -0.39 is 11.7 Å². The van der Waals surface area contributed by atoms with Crippen molar-refractivity contribution in [1.82, 2.24) is 5.32 Å². The number of nitrogens with one attached hydrogen (secondary N) is 2. The molecule has 0 bridgehead atoms. The van der Waals surface area contributed by atoms with Gasteiger partial charge in [0.05, 0.1) is 18.5 Å². The fourth-order valence-electron chi connectivity index (χ4n) is 1.77. The molecule has 21 heavy (non-hydrogen) atoms. The SMILES string of the molecule is COc1ccc(NC2=CC(=O)C(NC(C)=O)=CC2=O)cc1. The number of allylic oxidation sites excluding steroid dienone is 2. The van der Waals surface area contributed by atoms with Crippen LogP contribution >= 0.6 is 0 Å². The lowest BCUT2D eigenvalue weighted by Crippen LogP contribution is -2.29. The zero-order chi connectivity index (χ0) is 15.4. The standard InChI is InChI=1S/C15H14N2O4/c1-9(18)16-12-7-15(20)13(8-14(12)19)17-10-3-5-11(21-2)6-4-10/h3-8,17H,1-2H3,(H,16,18). The average molecular weight is 286 g/mol. The molecule has 1 aliphatic rings. The molecule has 0 spiro atoms. The molecule has 0 aliphatic heterocycles. The van der Waals surface area contributed by atoms with E-state index in [0.29, 0.717) is 11.4 Å². The van der Waals surface area contributed by atoms with Crippen molar-refractivity contribution in [3.8, 4) is 5.75 Å². The third-order valence-corrected chi connectivity index (χ3v) is 2.76. The number of methoxy groups -OCH3 is 1. The van der Waals surface area contributed by atoms with Crippen molar-refractivity contribution in [3.63, 3.8) is 0 Å². The van der Waals surface area contributed by atoms with Crippen molar-refractivity contribution in [2.75, 3.05) is 12.4 Å². The molecule has 6 heteroatoms. The van der Waals surface area contributed by atoms with Gasteiger partial charge in [0, 0.05) is 24.8 Å². The highest BCUT2D eigenvalue weighted by atomic mass is 16.5. The highest BCUT2D eigenvalue weighted by Gasteiger charge is 2.21. The minimum absolute atomic E-state index is 0.0206. The maximum atomic E-state index is 11.9. The second kappa shape index (κ2) is 6.04. The highest BCUT2D eigenvalue weighted by Crippen LogP contribution is 2.18. The van der Waals surface area contributed by atoms with E-state index in [1.807, 2.05) is 0 Å². The Hall–Kier alpha value is -2.89. The number of carbonyl (C=O) groups excluding carboxylic acids is 3. The first-order chi connectivity index (χ1) is 9.99. The van der Waals surface area contributed by atoms with E-state index in [4.69, 9.17) is 4.74 Å². The number of anilines is 1. The van der Waals surface area contributed by atoms with Gasteiger partial charge in [0.15, 0.2) is 0 Å². The Kier molecular flexibility index (Phi) is 4.18. The quantitative estimate of drug-likeness (QED) is 0.811. The maximum absolute atomic E-state index is 11.9. The van der Waals surface area contributed by atoms with E-state index in [1.54, 1.807) is 31.4 Å². The fraction of sp³-hybridized carbons (Fsp3) is 0.133. The Bertz CT molecular complexity index is 657. The highest BCUT2D eigenvalue weighted by molar-refractivity contribution is 6.21. The number of benzene rings is 1. The molecule has 1 aliphatic carbocycles. The average Bonchev–Trinajstić information content (AvgIpc) is 2.44. The molecule has 108 valence electrons. The van der Waals surface area contributed by atoms with E-state index in [2.05, 4.69) is 10.6 Å². The predicted molar refractivity (Wildman–Crippen MR) is 76.6 cm³/mol. The van der Waals surface area contributed by atoms with Crippen molar-refractivity contribution in [1.29, 1.82) is 0 Å². The van der Waals surface area contributed by atoms with Gasteiger partial charge in [0.1, 0.15) is 5.75 Å². The molecule has 2 rings (SSSR count). The van der Waals surface area contributed by atoms with Gasteiger partial charge in [0.25, 0.3) is 0 Å². The molecule has 0 saturated heterocycles. The van der Waals surface area contributed by atoms with Gasteiger partial charge in [-0.3, -0.25) is 14.4 Å². The van der Waals surface area contributed by atoms with E-state index in [-0.39, 0.29) is 17.2 Å². The van der Waals surface area contributed by atoms with Gasteiger partial charge in [-0.2, -0.15) is 0 Å². The first kappa shape index (κ1) is 14.5. The van der Waals surface area contributed by atoms with E-state index in [0.717, 1.165) is 12.2 Å². The fourth-order valence-corrected chi connectivity index (χ4v) is 1.77. The monoisotopic (exact) mass is 286 g/mol. The Morgan fingerprint density at radius 2 is 1.57 bits per heavy atom. The maximum Gasteiger partial charge on any atom is 0.221 e. The lowest BCUT2D eigenvalue weighted by atomic mass is 10.1. The summed E-state index contributed by atoms with van der Waals surface area (Å²) in [7, 11) is 1.56. The molecule has 0 radical (unpaired) electrons. The molecular formula is C15H14N2O4. The van der Waals surface area contributed by atoms with Gasteiger partial charge < -0.3 is 15.4 Å². The second-order valence-corrected chi connectivity index (χ2v) is 4.38. The molecule has 0 unspecified atom stereocenters. The zero-order valence-electron chi connectivity index (χ0n) is 11.6. The normalized spacial score (nSPS) is 14.2. The summed E-state index contributed by atoms with van der Waals surface area (Å²) < 4.78 is 5.04. The summed E-state index contributed by atoms with van der Waals surface area (Å²) in [4.78, 5) is 34.7. The molecule has 1 amide bonds. The summed E-state index contributed by atoms with van der Waals surface area (Å²) in [5, 5.41) is 5.19. The summed E-state index contributed by atoms with van der Waals surface area (Å²) in [6, 6.07) is 6.92. The lowest BCUT2D eigenvalue weighted by Gasteiger charge is -2.14. The minimum atomic E-state index is -0.430. The van der Waals surface area contributed by atoms with Crippen LogP contribution in [-0.2, 0) is 14.4 Å². The molecule has 1 aromatic carbocycles. The second-order valence-electron chi connectivity index (χ2n) is 4.38. The van der Waals surface area contributed by atoms with Crippen LogP contribution in [0.25, 0.3) is 0 Å². The Morgan fingerprint density at radius 3 is 2.14 bits per heavy atom. The first-order valence-corrected chi connectivity index (χ1v) is 6.20. The van der Waals surface area contributed by atoms with Crippen molar-refractivity contribution in [2.45, 2.75) is 6.92 Å². The van der Waals surface area contributed by atoms with Crippen LogP contribution in [0.1, 0.15) is 6.92 Å². The predicted octanol–water partition coefficient (Wildman–Crippen LogP) is 1.16. The molecule has 2 N–H and O–H groups in total. The van der Waals surface area contributed by atoms with Crippen LogP contribution < -0.4 is 15.4 Å². The molecule has 0 fully saturated rings. The molecule has 6 nitrogen and oxygen atoms in total. The Labute approximate surface area is 121 Å². The van der Waals surface area contributed by atoms with Gasteiger partial charge in [-0.1, -0.05) is 0 Å². The molecule has 0 heterocycles. The number of ketones is 2. The number of rotatable bonds is 4. The summed E-state index contributed by atoms with van der Waals surface area (Å²) in [5.41, 5.74) is 0.784. The Morgan fingerprint density at radius 1 is 1.00 bits per heavy atom. The third-order valence-electron chi connectivity index (χ3n) is 2.76. The van der Waals surface area contributed by atoms with Crippen LogP contribution in [0.15, 0.2) is 47.8 Å². The Balaban J connectivity index is 2.13. The van der Waals surface area contributed by atoms with Gasteiger partial charge >= 0.3 is 0 Å². The van der Waals surface area contributed by atoms with E-state index >= 15 is 0 Å². The summed E-state index contributed by atoms with van der Waals surface area (Å²) in [5.74, 6) is -0.522. The van der Waals surface area contributed by atoms with Crippen molar-refractivity contribution in [2.24, 2.45) is 0 Å². The smallest absolute Gasteiger partial charge is 0.221 e. The number of carbonyl (C=O) groups is 3. The molecule has 0 saturated carbocycles. The van der Waals surface area contributed by atoms with Gasteiger partial charge in [-0.15, -0.1) is 0 Å². The third kappa shape index (κ3) is 3.56. The first-order valence-electron chi connectivity index (χ1n) is 6.20. The molecule has 0 atom stereocenters. The van der Waals surface area contributed by atoms with Crippen molar-refractivity contribution in [3.05, 3.63) is 47.8 Å². The van der Waals surface area contributed by atoms with Crippen LogP contribution in [0, 0.1) is 0 Å². The molecule has 1 aromatic rings. The summed E-state index contributed by atoms with van der Waals surface area (Å²) >= 11 is 0. The number of hydrogen-bond acceptors (Lipinski definition) is 5. The van der Waals surface area contributed by atoms with Gasteiger partial charge in [-0.05, 0) is 24.3 Å². The zero-order valence-corrected chi connectivity index (χ0v) is 11.6. The summed E-state index contributed by atoms with van der Waals surface area (Å²) in [6.45, 7) is 1.27. The molecule has 0 aromatic heterocycles.